The first-order valence-corrected chi connectivity index (χ1v) is 4.50. The summed E-state index contributed by atoms with van der Waals surface area (Å²) in [5, 5.41) is 3.06. The molecule has 0 aliphatic rings. The number of anilines is 1. The Labute approximate surface area is 79.0 Å². The molecular formula is C11H15NO. The maximum absolute atomic E-state index is 11.4. The van der Waals surface area contributed by atoms with Crippen molar-refractivity contribution in [1.29, 1.82) is 0 Å². The van der Waals surface area contributed by atoms with Gasteiger partial charge in [-0.3, -0.25) is 4.79 Å². The van der Waals surface area contributed by atoms with Crippen molar-refractivity contribution in [2.45, 2.75) is 20.3 Å². The van der Waals surface area contributed by atoms with Gasteiger partial charge in [0.15, 0.2) is 5.78 Å². The molecule has 2 heteroatoms. The maximum atomic E-state index is 11.4. The summed E-state index contributed by atoms with van der Waals surface area (Å²) in [6.45, 7) is 3.90. The van der Waals surface area contributed by atoms with Gasteiger partial charge in [0.1, 0.15) is 0 Å². The Bertz CT molecular complexity index is 318. The van der Waals surface area contributed by atoms with E-state index in [9.17, 15) is 4.79 Å². The van der Waals surface area contributed by atoms with Crippen LogP contribution in [0.5, 0.6) is 0 Å². The lowest BCUT2D eigenvalue weighted by Gasteiger charge is -2.06. The van der Waals surface area contributed by atoms with E-state index in [2.05, 4.69) is 5.32 Å². The second kappa shape index (κ2) is 4.08. The van der Waals surface area contributed by atoms with E-state index in [0.29, 0.717) is 6.42 Å². The number of nitrogens with one attached hydrogen (secondary N) is 1. The zero-order valence-electron chi connectivity index (χ0n) is 8.35. The quantitative estimate of drug-likeness (QED) is 0.719. The monoisotopic (exact) mass is 177 g/mol. The van der Waals surface area contributed by atoms with Crippen LogP contribution >= 0.6 is 0 Å². The largest absolute Gasteiger partial charge is 0.388 e. The van der Waals surface area contributed by atoms with Crippen LogP contribution in [0.3, 0.4) is 0 Å². The van der Waals surface area contributed by atoms with E-state index < -0.39 is 0 Å². The highest BCUT2D eigenvalue weighted by atomic mass is 16.1. The second-order valence-electron chi connectivity index (χ2n) is 3.06. The number of rotatable bonds is 3. The summed E-state index contributed by atoms with van der Waals surface area (Å²) in [4.78, 5) is 11.4. The fraction of sp³-hybridized carbons (Fsp3) is 0.364. The molecule has 0 atom stereocenters. The van der Waals surface area contributed by atoms with Crippen LogP contribution in [0.4, 0.5) is 5.69 Å². The first-order valence-electron chi connectivity index (χ1n) is 4.50. The van der Waals surface area contributed by atoms with Crippen LogP contribution in [0, 0.1) is 6.92 Å². The summed E-state index contributed by atoms with van der Waals surface area (Å²) in [6.07, 6.45) is 0.562. The lowest BCUT2D eigenvalue weighted by molar-refractivity contribution is 0.0988. The van der Waals surface area contributed by atoms with Crippen LogP contribution in [0.1, 0.15) is 29.3 Å². The van der Waals surface area contributed by atoms with Crippen LogP contribution in [0.2, 0.25) is 0 Å². The van der Waals surface area contributed by atoms with Crippen molar-refractivity contribution >= 4 is 11.5 Å². The van der Waals surface area contributed by atoms with E-state index in [1.54, 1.807) is 0 Å². The van der Waals surface area contributed by atoms with Crippen molar-refractivity contribution in [3.63, 3.8) is 0 Å². The molecule has 0 bridgehead atoms. The predicted octanol–water partition coefficient (Wildman–Crippen LogP) is 2.63. The van der Waals surface area contributed by atoms with E-state index in [1.807, 2.05) is 39.1 Å². The SMILES string of the molecule is CCC(=O)c1ccc(C)c(NC)c1. The minimum atomic E-state index is 0.191. The molecule has 1 aromatic rings. The highest BCUT2D eigenvalue weighted by Gasteiger charge is 2.04. The second-order valence-corrected chi connectivity index (χ2v) is 3.06. The molecule has 0 aliphatic heterocycles. The Kier molecular flexibility index (Phi) is 3.07. The molecule has 0 saturated carbocycles. The summed E-state index contributed by atoms with van der Waals surface area (Å²) in [5.74, 6) is 0.191. The van der Waals surface area contributed by atoms with E-state index in [1.165, 1.54) is 0 Å². The Morgan fingerprint density at radius 1 is 1.46 bits per heavy atom. The zero-order chi connectivity index (χ0) is 9.84. The molecule has 2 nitrogen and oxygen atoms in total. The van der Waals surface area contributed by atoms with Gasteiger partial charge in [-0.15, -0.1) is 0 Å². The Morgan fingerprint density at radius 2 is 2.15 bits per heavy atom. The molecule has 0 aliphatic carbocycles. The summed E-state index contributed by atoms with van der Waals surface area (Å²) in [5.41, 5.74) is 2.98. The highest BCUT2D eigenvalue weighted by molar-refractivity contribution is 5.96. The van der Waals surface area contributed by atoms with Gasteiger partial charge in [-0.1, -0.05) is 19.1 Å². The van der Waals surface area contributed by atoms with Crippen LogP contribution in [0.25, 0.3) is 0 Å². The lowest BCUT2D eigenvalue weighted by Crippen LogP contribution is -1.99. The van der Waals surface area contributed by atoms with E-state index in [4.69, 9.17) is 0 Å². The topological polar surface area (TPSA) is 29.1 Å². The van der Waals surface area contributed by atoms with Crippen molar-refractivity contribution < 1.29 is 4.79 Å². The number of aryl methyl sites for hydroxylation is 1. The summed E-state index contributed by atoms with van der Waals surface area (Å²) in [6, 6.07) is 5.75. The Hall–Kier alpha value is -1.31. The van der Waals surface area contributed by atoms with Crippen LogP contribution < -0.4 is 5.32 Å². The first-order chi connectivity index (χ1) is 6.19. The molecule has 0 saturated heterocycles. The number of Topliss-reactive ketones (excluding diaryl/α,β-unsaturated/α-hetero) is 1. The average Bonchev–Trinajstić information content (AvgIpc) is 2.17. The number of hydrogen-bond donors (Lipinski definition) is 1. The average molecular weight is 177 g/mol. The molecule has 1 N–H and O–H groups in total. The molecule has 0 radical (unpaired) electrons. The van der Waals surface area contributed by atoms with Gasteiger partial charge in [-0.25, -0.2) is 0 Å². The standard InChI is InChI=1S/C11H15NO/c1-4-11(13)9-6-5-8(2)10(7-9)12-3/h5-7,12H,4H2,1-3H3. The van der Waals surface area contributed by atoms with Crippen molar-refractivity contribution in [2.75, 3.05) is 12.4 Å². The van der Waals surface area contributed by atoms with E-state index >= 15 is 0 Å². The molecular weight excluding hydrogens is 162 g/mol. The fourth-order valence-electron chi connectivity index (χ4n) is 1.27. The van der Waals surface area contributed by atoms with Gasteiger partial charge < -0.3 is 5.32 Å². The van der Waals surface area contributed by atoms with Gasteiger partial charge in [-0.05, 0) is 18.6 Å². The lowest BCUT2D eigenvalue weighted by atomic mass is 10.1. The van der Waals surface area contributed by atoms with Crippen molar-refractivity contribution in [3.05, 3.63) is 29.3 Å². The predicted molar refractivity (Wildman–Crippen MR) is 55.3 cm³/mol. The normalized spacial score (nSPS) is 9.77. The number of benzene rings is 1. The van der Waals surface area contributed by atoms with Crippen LogP contribution in [0.15, 0.2) is 18.2 Å². The number of carbonyl (C=O) groups is 1. The van der Waals surface area contributed by atoms with E-state index in [-0.39, 0.29) is 5.78 Å². The first kappa shape index (κ1) is 9.78. The Morgan fingerprint density at radius 3 is 2.69 bits per heavy atom. The zero-order valence-corrected chi connectivity index (χ0v) is 8.35. The molecule has 0 heterocycles. The highest BCUT2D eigenvalue weighted by Crippen LogP contribution is 2.16. The molecule has 0 aromatic heterocycles. The van der Waals surface area contributed by atoms with Crippen molar-refractivity contribution in [2.24, 2.45) is 0 Å². The summed E-state index contributed by atoms with van der Waals surface area (Å²) >= 11 is 0. The van der Waals surface area contributed by atoms with Crippen molar-refractivity contribution in [1.82, 2.24) is 0 Å². The molecule has 70 valence electrons. The third kappa shape index (κ3) is 2.08. The number of carbonyl (C=O) groups excluding carboxylic acids is 1. The third-order valence-corrected chi connectivity index (χ3v) is 2.15. The molecule has 0 spiro atoms. The summed E-state index contributed by atoms with van der Waals surface area (Å²) in [7, 11) is 1.86. The van der Waals surface area contributed by atoms with Gasteiger partial charge in [-0.2, -0.15) is 0 Å². The minimum absolute atomic E-state index is 0.191. The van der Waals surface area contributed by atoms with Gasteiger partial charge in [0, 0.05) is 24.7 Å². The van der Waals surface area contributed by atoms with Crippen molar-refractivity contribution in [3.8, 4) is 0 Å². The fourth-order valence-corrected chi connectivity index (χ4v) is 1.27. The third-order valence-electron chi connectivity index (χ3n) is 2.15. The molecule has 0 fully saturated rings. The van der Waals surface area contributed by atoms with Gasteiger partial charge in [0.05, 0.1) is 0 Å². The minimum Gasteiger partial charge on any atom is -0.388 e. The molecule has 1 aromatic carbocycles. The van der Waals surface area contributed by atoms with Gasteiger partial charge >= 0.3 is 0 Å². The molecule has 13 heavy (non-hydrogen) atoms. The molecule has 1 rings (SSSR count). The Balaban J connectivity index is 3.06. The summed E-state index contributed by atoms with van der Waals surface area (Å²) < 4.78 is 0. The molecule has 0 amide bonds. The van der Waals surface area contributed by atoms with Gasteiger partial charge in [0.2, 0.25) is 0 Å². The smallest absolute Gasteiger partial charge is 0.162 e. The number of hydrogen-bond acceptors (Lipinski definition) is 2. The molecule has 0 unspecified atom stereocenters. The van der Waals surface area contributed by atoms with E-state index in [0.717, 1.165) is 16.8 Å². The van der Waals surface area contributed by atoms with Crippen LogP contribution in [-0.4, -0.2) is 12.8 Å². The van der Waals surface area contributed by atoms with Crippen LogP contribution in [-0.2, 0) is 0 Å². The maximum Gasteiger partial charge on any atom is 0.162 e. The number of ketones is 1. The van der Waals surface area contributed by atoms with Gasteiger partial charge in [0.25, 0.3) is 0 Å².